The zero-order valence-corrected chi connectivity index (χ0v) is 15.9. The van der Waals surface area contributed by atoms with Crippen LogP contribution in [0.2, 0.25) is 0 Å². The van der Waals surface area contributed by atoms with Gasteiger partial charge in [0.1, 0.15) is 5.82 Å². The van der Waals surface area contributed by atoms with Crippen LogP contribution < -0.4 is 0 Å². The van der Waals surface area contributed by atoms with Crippen LogP contribution in [0.5, 0.6) is 0 Å². The van der Waals surface area contributed by atoms with E-state index in [4.69, 9.17) is 0 Å². The molecule has 3 aromatic rings. The Morgan fingerprint density at radius 2 is 1.85 bits per heavy atom. The van der Waals surface area contributed by atoms with Crippen molar-refractivity contribution >= 4 is 16.8 Å². The zero-order valence-electron chi connectivity index (χ0n) is 15.9. The van der Waals surface area contributed by atoms with Crippen LogP contribution in [0, 0.1) is 6.92 Å². The molecule has 140 valence electrons. The molecular formula is C21H25N5O. The van der Waals surface area contributed by atoms with E-state index in [9.17, 15) is 4.79 Å². The Bertz CT molecular complexity index is 1000. The fourth-order valence-corrected chi connectivity index (χ4v) is 4.43. The molecule has 1 aliphatic carbocycles. The van der Waals surface area contributed by atoms with Gasteiger partial charge in [-0.15, -0.1) is 0 Å². The Kier molecular flexibility index (Phi) is 3.81. The highest BCUT2D eigenvalue weighted by molar-refractivity contribution is 6.04. The first-order valence-electron chi connectivity index (χ1n) is 9.88. The number of aromatic nitrogens is 4. The second kappa shape index (κ2) is 6.22. The van der Waals surface area contributed by atoms with Crippen molar-refractivity contribution in [1.82, 2.24) is 24.2 Å². The van der Waals surface area contributed by atoms with Crippen molar-refractivity contribution < 1.29 is 4.79 Å². The van der Waals surface area contributed by atoms with E-state index in [2.05, 4.69) is 21.6 Å². The molecule has 1 aliphatic heterocycles. The summed E-state index contributed by atoms with van der Waals surface area (Å²) in [5.41, 5.74) is 2.82. The summed E-state index contributed by atoms with van der Waals surface area (Å²) >= 11 is 0. The summed E-state index contributed by atoms with van der Waals surface area (Å²) in [6, 6.07) is 8.39. The molecule has 27 heavy (non-hydrogen) atoms. The zero-order chi connectivity index (χ0) is 18.5. The predicted octanol–water partition coefficient (Wildman–Crippen LogP) is 3.43. The average Bonchev–Trinajstić information content (AvgIpc) is 3.39. The van der Waals surface area contributed by atoms with Crippen LogP contribution >= 0.6 is 0 Å². The van der Waals surface area contributed by atoms with E-state index >= 15 is 0 Å². The third kappa shape index (κ3) is 2.74. The first-order valence-corrected chi connectivity index (χ1v) is 9.88. The van der Waals surface area contributed by atoms with Gasteiger partial charge in [0, 0.05) is 49.4 Å². The van der Waals surface area contributed by atoms with Crippen molar-refractivity contribution in [2.75, 3.05) is 13.1 Å². The Labute approximate surface area is 158 Å². The maximum atomic E-state index is 13.1. The van der Waals surface area contributed by atoms with Crippen LogP contribution in [0.15, 0.2) is 30.5 Å². The minimum atomic E-state index is 0.0509. The largest absolute Gasteiger partial charge is 0.337 e. The van der Waals surface area contributed by atoms with Crippen molar-refractivity contribution in [1.29, 1.82) is 0 Å². The molecule has 2 aliphatic rings. The second-order valence-corrected chi connectivity index (χ2v) is 7.91. The molecule has 1 saturated heterocycles. The lowest BCUT2D eigenvalue weighted by Gasteiger charge is -2.33. The highest BCUT2D eigenvalue weighted by atomic mass is 16.2. The molecular weight excluding hydrogens is 338 g/mol. The van der Waals surface area contributed by atoms with Crippen LogP contribution in [0.25, 0.3) is 10.9 Å². The molecule has 2 aromatic heterocycles. The Morgan fingerprint density at radius 1 is 1.11 bits per heavy atom. The maximum Gasteiger partial charge on any atom is 0.275 e. The van der Waals surface area contributed by atoms with E-state index in [1.807, 2.05) is 42.4 Å². The van der Waals surface area contributed by atoms with Gasteiger partial charge in [-0.1, -0.05) is 18.2 Å². The number of amides is 1. The normalized spacial score (nSPS) is 18.4. The van der Waals surface area contributed by atoms with Gasteiger partial charge in [-0.05, 0) is 38.7 Å². The second-order valence-electron chi connectivity index (χ2n) is 7.91. The fraction of sp³-hybridized carbons (Fsp3) is 0.476. The fourth-order valence-electron chi connectivity index (χ4n) is 4.43. The monoisotopic (exact) mass is 363 g/mol. The maximum absolute atomic E-state index is 13.1. The minimum absolute atomic E-state index is 0.0509. The lowest BCUT2D eigenvalue weighted by molar-refractivity contribution is 0.0688. The number of piperidine rings is 1. The topological polar surface area (TPSA) is 56.0 Å². The highest BCUT2D eigenvalue weighted by Crippen LogP contribution is 2.41. The van der Waals surface area contributed by atoms with Crippen LogP contribution in [-0.4, -0.2) is 43.2 Å². The van der Waals surface area contributed by atoms with Crippen molar-refractivity contribution in [3.8, 4) is 0 Å². The molecule has 0 atom stereocenters. The molecule has 0 bridgehead atoms. The van der Waals surface area contributed by atoms with Crippen LogP contribution in [0.4, 0.5) is 0 Å². The standard InChI is InChI=1S/C21H25N5O/c1-14-13-22-20(15-7-8-15)26(14)16-9-11-25(12-10-16)21(27)19-17-5-3-4-6-18(17)24(2)23-19/h3-6,13,15-16H,7-12H2,1-2H3. The molecule has 2 fully saturated rings. The number of likely N-dealkylation sites (tertiary alicyclic amines) is 1. The summed E-state index contributed by atoms with van der Waals surface area (Å²) in [5, 5.41) is 5.44. The summed E-state index contributed by atoms with van der Waals surface area (Å²) in [7, 11) is 1.90. The molecule has 0 unspecified atom stereocenters. The number of hydrogen-bond donors (Lipinski definition) is 0. The number of fused-ring (bicyclic) bond motifs is 1. The van der Waals surface area contributed by atoms with E-state index < -0.39 is 0 Å². The van der Waals surface area contributed by atoms with Crippen molar-refractivity contribution in [3.05, 3.63) is 47.7 Å². The van der Waals surface area contributed by atoms with Crippen LogP contribution in [-0.2, 0) is 7.05 Å². The Hall–Kier alpha value is -2.63. The summed E-state index contributed by atoms with van der Waals surface area (Å²) < 4.78 is 4.24. The molecule has 6 nitrogen and oxygen atoms in total. The summed E-state index contributed by atoms with van der Waals surface area (Å²) in [6.45, 7) is 3.70. The molecule has 6 heteroatoms. The number of hydrogen-bond acceptors (Lipinski definition) is 3. The predicted molar refractivity (Wildman–Crippen MR) is 104 cm³/mol. The van der Waals surface area contributed by atoms with Gasteiger partial charge in [-0.3, -0.25) is 9.48 Å². The van der Waals surface area contributed by atoms with Crippen molar-refractivity contribution in [3.63, 3.8) is 0 Å². The molecule has 5 rings (SSSR count). The number of imidazole rings is 1. The summed E-state index contributed by atoms with van der Waals surface area (Å²) in [4.78, 5) is 19.7. The van der Waals surface area contributed by atoms with Gasteiger partial charge in [-0.25, -0.2) is 4.98 Å². The SMILES string of the molecule is Cc1cnc(C2CC2)n1C1CCN(C(=O)c2nn(C)c3ccccc23)CC1. The number of carbonyl (C=O) groups is 1. The molecule has 0 spiro atoms. The van der Waals surface area contributed by atoms with Gasteiger partial charge in [0.15, 0.2) is 5.69 Å². The van der Waals surface area contributed by atoms with E-state index in [1.54, 1.807) is 4.68 Å². The molecule has 3 heterocycles. The summed E-state index contributed by atoms with van der Waals surface area (Å²) in [5.74, 6) is 1.96. The number of aryl methyl sites for hydroxylation is 2. The number of carbonyl (C=O) groups excluding carboxylic acids is 1. The summed E-state index contributed by atoms with van der Waals surface area (Å²) in [6.07, 6.45) is 6.49. The number of para-hydroxylation sites is 1. The van der Waals surface area contributed by atoms with Crippen molar-refractivity contribution in [2.24, 2.45) is 7.05 Å². The van der Waals surface area contributed by atoms with Gasteiger partial charge in [0.05, 0.1) is 5.52 Å². The molecule has 1 saturated carbocycles. The average molecular weight is 363 g/mol. The molecule has 1 amide bonds. The van der Waals surface area contributed by atoms with Crippen molar-refractivity contribution in [2.45, 2.75) is 44.6 Å². The molecule has 1 aromatic carbocycles. The number of rotatable bonds is 3. The van der Waals surface area contributed by atoms with Gasteiger partial charge >= 0.3 is 0 Å². The highest BCUT2D eigenvalue weighted by Gasteiger charge is 2.33. The first-order chi connectivity index (χ1) is 13.1. The Balaban J connectivity index is 1.34. The molecule has 0 radical (unpaired) electrons. The molecule has 0 N–H and O–H groups in total. The Morgan fingerprint density at radius 3 is 2.59 bits per heavy atom. The van der Waals surface area contributed by atoms with Gasteiger partial charge < -0.3 is 9.47 Å². The lowest BCUT2D eigenvalue weighted by Crippen LogP contribution is -2.39. The third-order valence-electron chi connectivity index (χ3n) is 6.03. The smallest absolute Gasteiger partial charge is 0.275 e. The number of nitrogens with zero attached hydrogens (tertiary/aromatic N) is 5. The van der Waals surface area contributed by atoms with E-state index in [-0.39, 0.29) is 5.91 Å². The number of benzene rings is 1. The quantitative estimate of drug-likeness (QED) is 0.716. The van der Waals surface area contributed by atoms with Gasteiger partial charge in [-0.2, -0.15) is 5.10 Å². The van der Waals surface area contributed by atoms with Gasteiger partial charge in [0.25, 0.3) is 5.91 Å². The lowest BCUT2D eigenvalue weighted by atomic mass is 10.0. The van der Waals surface area contributed by atoms with Crippen LogP contribution in [0.1, 0.15) is 59.6 Å². The van der Waals surface area contributed by atoms with Crippen LogP contribution in [0.3, 0.4) is 0 Å². The third-order valence-corrected chi connectivity index (χ3v) is 6.03. The van der Waals surface area contributed by atoms with Gasteiger partial charge in [0.2, 0.25) is 0 Å². The minimum Gasteiger partial charge on any atom is -0.337 e. The first kappa shape index (κ1) is 16.5. The van der Waals surface area contributed by atoms with E-state index in [0.717, 1.165) is 36.8 Å². The van der Waals surface area contributed by atoms with E-state index in [0.29, 0.717) is 17.7 Å². The van der Waals surface area contributed by atoms with E-state index in [1.165, 1.54) is 24.4 Å².